The van der Waals surface area contributed by atoms with Crippen LogP contribution < -0.4 is 5.32 Å². The SMILES string of the molecule is O=C1NCCOCCCN(C(=O)CCc2c[nH]c3ccccc23)[C@H]2CCCC[C@@H]12. The van der Waals surface area contributed by atoms with Crippen LogP contribution in [0.15, 0.2) is 30.5 Å². The molecule has 1 saturated carbocycles. The number of aromatic amines is 1. The summed E-state index contributed by atoms with van der Waals surface area (Å²) in [6, 6.07) is 8.20. The molecule has 1 aliphatic heterocycles. The number of carbonyl (C=O) groups excluding carboxylic acids is 2. The van der Waals surface area contributed by atoms with Gasteiger partial charge in [-0.1, -0.05) is 31.0 Å². The van der Waals surface area contributed by atoms with Gasteiger partial charge >= 0.3 is 0 Å². The fourth-order valence-corrected chi connectivity index (χ4v) is 4.81. The third-order valence-electron chi connectivity index (χ3n) is 6.30. The zero-order valence-corrected chi connectivity index (χ0v) is 17.0. The molecule has 29 heavy (non-hydrogen) atoms. The van der Waals surface area contributed by atoms with Crippen molar-refractivity contribution in [1.29, 1.82) is 0 Å². The molecule has 2 aromatic rings. The number of nitrogens with one attached hydrogen (secondary N) is 2. The minimum Gasteiger partial charge on any atom is -0.380 e. The first-order valence-electron chi connectivity index (χ1n) is 10.9. The van der Waals surface area contributed by atoms with Gasteiger partial charge in [-0.15, -0.1) is 0 Å². The first kappa shape index (κ1) is 20.0. The Morgan fingerprint density at radius 2 is 2.00 bits per heavy atom. The fraction of sp³-hybridized carbons (Fsp3) is 0.565. The predicted molar refractivity (Wildman–Crippen MR) is 113 cm³/mol. The average Bonchev–Trinajstić information content (AvgIpc) is 3.15. The summed E-state index contributed by atoms with van der Waals surface area (Å²) >= 11 is 0. The predicted octanol–water partition coefficient (Wildman–Crippen LogP) is 3.02. The molecule has 0 bridgehead atoms. The van der Waals surface area contributed by atoms with E-state index in [0.717, 1.165) is 37.6 Å². The average molecular weight is 398 g/mol. The molecule has 2 N–H and O–H groups in total. The summed E-state index contributed by atoms with van der Waals surface area (Å²) < 4.78 is 5.61. The molecule has 6 heteroatoms. The van der Waals surface area contributed by atoms with Crippen LogP contribution in [0.3, 0.4) is 0 Å². The molecule has 1 aliphatic carbocycles. The molecule has 2 aliphatic rings. The van der Waals surface area contributed by atoms with Gasteiger partial charge in [-0.25, -0.2) is 0 Å². The van der Waals surface area contributed by atoms with Gasteiger partial charge in [0, 0.05) is 49.3 Å². The first-order chi connectivity index (χ1) is 14.2. The lowest BCUT2D eigenvalue weighted by Crippen LogP contribution is -2.51. The molecule has 6 nitrogen and oxygen atoms in total. The Morgan fingerprint density at radius 3 is 2.93 bits per heavy atom. The molecular formula is C23H31N3O3. The van der Waals surface area contributed by atoms with E-state index >= 15 is 0 Å². The maximum absolute atomic E-state index is 13.3. The zero-order chi connectivity index (χ0) is 20.1. The number of para-hydroxylation sites is 1. The van der Waals surface area contributed by atoms with Crippen LogP contribution in [0, 0.1) is 5.92 Å². The Morgan fingerprint density at radius 1 is 1.14 bits per heavy atom. The second-order valence-electron chi connectivity index (χ2n) is 8.16. The molecule has 0 spiro atoms. The van der Waals surface area contributed by atoms with Crippen LogP contribution in [0.4, 0.5) is 0 Å². The number of H-pyrrole nitrogens is 1. The van der Waals surface area contributed by atoms with E-state index in [2.05, 4.69) is 22.4 Å². The molecule has 2 heterocycles. The topological polar surface area (TPSA) is 74.4 Å². The summed E-state index contributed by atoms with van der Waals surface area (Å²) in [6.45, 7) is 2.38. The van der Waals surface area contributed by atoms with E-state index in [1.54, 1.807) is 0 Å². The second-order valence-corrected chi connectivity index (χ2v) is 8.16. The number of carbonyl (C=O) groups is 2. The molecule has 156 valence electrons. The van der Waals surface area contributed by atoms with E-state index in [4.69, 9.17) is 4.74 Å². The molecule has 1 aromatic heterocycles. The fourth-order valence-electron chi connectivity index (χ4n) is 4.81. The first-order valence-corrected chi connectivity index (χ1v) is 10.9. The third kappa shape index (κ3) is 4.64. The molecule has 2 atom stereocenters. The van der Waals surface area contributed by atoms with Crippen LogP contribution in [0.2, 0.25) is 0 Å². The normalized spacial score (nSPS) is 23.9. The van der Waals surface area contributed by atoms with Crippen LogP contribution in [0.1, 0.15) is 44.1 Å². The quantitative estimate of drug-likeness (QED) is 0.836. The number of rotatable bonds is 3. The van der Waals surface area contributed by atoms with Crippen molar-refractivity contribution in [3.63, 3.8) is 0 Å². The molecular weight excluding hydrogens is 366 g/mol. The number of aromatic nitrogens is 1. The van der Waals surface area contributed by atoms with Gasteiger partial charge in [0.15, 0.2) is 0 Å². The number of hydrogen-bond donors (Lipinski definition) is 2. The van der Waals surface area contributed by atoms with Crippen molar-refractivity contribution in [3.05, 3.63) is 36.0 Å². The zero-order valence-electron chi connectivity index (χ0n) is 17.0. The Bertz CT molecular complexity index is 847. The number of nitrogens with zero attached hydrogens (tertiary/aromatic N) is 1. The number of benzene rings is 1. The Labute approximate surface area is 172 Å². The van der Waals surface area contributed by atoms with Gasteiger partial charge in [0.1, 0.15) is 0 Å². The van der Waals surface area contributed by atoms with E-state index in [9.17, 15) is 9.59 Å². The lowest BCUT2D eigenvalue weighted by Gasteiger charge is -2.39. The van der Waals surface area contributed by atoms with E-state index in [-0.39, 0.29) is 23.8 Å². The summed E-state index contributed by atoms with van der Waals surface area (Å²) in [5, 5.41) is 4.19. The lowest BCUT2D eigenvalue weighted by atomic mass is 9.82. The number of ether oxygens (including phenoxy) is 1. The summed E-state index contributed by atoms with van der Waals surface area (Å²) in [4.78, 5) is 31.3. The monoisotopic (exact) mass is 397 g/mol. The van der Waals surface area contributed by atoms with Crippen molar-refractivity contribution >= 4 is 22.7 Å². The smallest absolute Gasteiger partial charge is 0.225 e. The Balaban J connectivity index is 1.49. The molecule has 4 rings (SSSR count). The van der Waals surface area contributed by atoms with Crippen LogP contribution in [0.25, 0.3) is 10.9 Å². The summed E-state index contributed by atoms with van der Waals surface area (Å²) in [6.07, 6.45) is 7.92. The van der Waals surface area contributed by atoms with Crippen LogP contribution >= 0.6 is 0 Å². The number of fused-ring (bicyclic) bond motifs is 2. The standard InChI is InChI=1S/C23H31N3O3/c27-22(11-10-17-16-25-20-8-3-1-6-18(17)20)26-13-5-14-29-15-12-24-23(28)19-7-2-4-9-21(19)26/h1,3,6,8,16,19,21,25H,2,4-5,7,9-15H2,(H,24,28)/t19-,21+/m1/s1. The van der Waals surface area contributed by atoms with E-state index in [1.165, 1.54) is 10.9 Å². The van der Waals surface area contributed by atoms with Crippen LogP contribution in [-0.2, 0) is 20.7 Å². The van der Waals surface area contributed by atoms with Gasteiger partial charge in [-0.05, 0) is 37.3 Å². The van der Waals surface area contributed by atoms with Crippen molar-refractivity contribution < 1.29 is 14.3 Å². The highest BCUT2D eigenvalue weighted by molar-refractivity contribution is 5.85. The summed E-state index contributed by atoms with van der Waals surface area (Å²) in [7, 11) is 0. The second kappa shape index (κ2) is 9.44. The van der Waals surface area contributed by atoms with E-state index in [1.807, 2.05) is 23.2 Å². The maximum Gasteiger partial charge on any atom is 0.225 e. The van der Waals surface area contributed by atoms with E-state index < -0.39 is 0 Å². The summed E-state index contributed by atoms with van der Waals surface area (Å²) in [5.41, 5.74) is 2.28. The van der Waals surface area contributed by atoms with Gasteiger partial charge in [0.25, 0.3) is 0 Å². The van der Waals surface area contributed by atoms with Gasteiger partial charge < -0.3 is 19.9 Å². The molecule has 1 saturated heterocycles. The highest BCUT2D eigenvalue weighted by atomic mass is 16.5. The Hall–Kier alpha value is -2.34. The summed E-state index contributed by atoms with van der Waals surface area (Å²) in [5.74, 6) is 0.132. The van der Waals surface area contributed by atoms with Gasteiger partial charge in [-0.2, -0.15) is 0 Å². The number of hydrogen-bond acceptors (Lipinski definition) is 3. The maximum atomic E-state index is 13.3. The van der Waals surface area contributed by atoms with Crippen molar-refractivity contribution in [2.24, 2.45) is 5.92 Å². The highest BCUT2D eigenvalue weighted by Gasteiger charge is 2.36. The minimum absolute atomic E-state index is 0.0114. The number of aryl methyl sites for hydroxylation is 1. The minimum atomic E-state index is -0.0983. The highest BCUT2D eigenvalue weighted by Crippen LogP contribution is 2.30. The molecule has 2 fully saturated rings. The molecule has 0 unspecified atom stereocenters. The van der Waals surface area contributed by atoms with Crippen molar-refractivity contribution in [2.75, 3.05) is 26.3 Å². The molecule has 2 amide bonds. The van der Waals surface area contributed by atoms with Crippen molar-refractivity contribution in [2.45, 2.75) is 51.0 Å². The van der Waals surface area contributed by atoms with Crippen LogP contribution in [0.5, 0.6) is 0 Å². The Kier molecular flexibility index (Phi) is 6.49. The van der Waals surface area contributed by atoms with Crippen molar-refractivity contribution in [1.82, 2.24) is 15.2 Å². The largest absolute Gasteiger partial charge is 0.380 e. The molecule has 0 radical (unpaired) electrons. The van der Waals surface area contributed by atoms with Crippen LogP contribution in [-0.4, -0.2) is 54.0 Å². The van der Waals surface area contributed by atoms with E-state index in [0.29, 0.717) is 39.1 Å². The van der Waals surface area contributed by atoms with Crippen molar-refractivity contribution in [3.8, 4) is 0 Å². The van der Waals surface area contributed by atoms with Gasteiger partial charge in [0.05, 0.1) is 12.5 Å². The molecule has 1 aromatic carbocycles. The third-order valence-corrected chi connectivity index (χ3v) is 6.30. The van der Waals surface area contributed by atoms with Gasteiger partial charge in [-0.3, -0.25) is 9.59 Å². The number of amides is 2. The lowest BCUT2D eigenvalue weighted by molar-refractivity contribution is -0.138. The van der Waals surface area contributed by atoms with Gasteiger partial charge in [0.2, 0.25) is 11.8 Å².